The minimum Gasteiger partial charge on any atom is -0.398 e. The van der Waals surface area contributed by atoms with Gasteiger partial charge in [-0.2, -0.15) is 0 Å². The third kappa shape index (κ3) is 4.47. The summed E-state index contributed by atoms with van der Waals surface area (Å²) in [6.45, 7) is 4.69. The Kier molecular flexibility index (Phi) is 5.53. The van der Waals surface area contributed by atoms with Crippen molar-refractivity contribution in [1.82, 2.24) is 0 Å². The van der Waals surface area contributed by atoms with Crippen LogP contribution in [0.25, 0.3) is 0 Å². The summed E-state index contributed by atoms with van der Waals surface area (Å²) in [6.07, 6.45) is 4.96. The Morgan fingerprint density at radius 3 is 2.65 bits per heavy atom. The number of unbranched alkanes of at least 4 members (excludes halogenated alkanes) is 3. The summed E-state index contributed by atoms with van der Waals surface area (Å²) in [7, 11) is 0. The van der Waals surface area contributed by atoms with Gasteiger partial charge in [0.05, 0.1) is 0 Å². The summed E-state index contributed by atoms with van der Waals surface area (Å²) in [5.41, 5.74) is 7.95. The van der Waals surface area contributed by atoms with Crippen molar-refractivity contribution >= 4 is 17.2 Å². The van der Waals surface area contributed by atoms with Gasteiger partial charge in [-0.1, -0.05) is 26.2 Å². The van der Waals surface area contributed by atoms with Crippen LogP contribution in [0.5, 0.6) is 0 Å². The van der Waals surface area contributed by atoms with E-state index in [1.54, 1.807) is 6.07 Å². The van der Waals surface area contributed by atoms with Crippen molar-refractivity contribution in [2.75, 3.05) is 17.6 Å². The van der Waals surface area contributed by atoms with E-state index in [0.717, 1.165) is 12.2 Å². The maximum absolute atomic E-state index is 11.2. The number of nitrogens with two attached hydrogens (primary N) is 1. The third-order valence-electron chi connectivity index (χ3n) is 2.79. The Morgan fingerprint density at radius 1 is 1.29 bits per heavy atom. The van der Waals surface area contributed by atoms with Crippen LogP contribution in [0.4, 0.5) is 11.4 Å². The van der Waals surface area contributed by atoms with Gasteiger partial charge in [-0.15, -0.1) is 0 Å². The van der Waals surface area contributed by atoms with Crippen molar-refractivity contribution in [3.8, 4) is 0 Å². The lowest BCUT2D eigenvalue weighted by Gasteiger charge is -2.08. The molecule has 1 aromatic rings. The number of ketones is 1. The van der Waals surface area contributed by atoms with Crippen LogP contribution in [0.15, 0.2) is 18.2 Å². The highest BCUT2D eigenvalue weighted by Gasteiger charge is 2.04. The molecule has 0 aliphatic rings. The molecule has 0 saturated carbocycles. The number of rotatable bonds is 7. The Hall–Kier alpha value is -1.51. The summed E-state index contributed by atoms with van der Waals surface area (Å²) < 4.78 is 0. The van der Waals surface area contributed by atoms with E-state index >= 15 is 0 Å². The standard InChI is InChI=1S/C14H22N2O/c1-3-4-5-6-9-16-12-7-8-13(11(2)17)14(15)10-12/h7-8,10,16H,3-6,9,15H2,1-2H3. The van der Waals surface area contributed by atoms with Crippen LogP contribution in [0.2, 0.25) is 0 Å². The van der Waals surface area contributed by atoms with Crippen molar-refractivity contribution in [2.45, 2.75) is 39.5 Å². The van der Waals surface area contributed by atoms with Gasteiger partial charge in [0.2, 0.25) is 0 Å². The number of Topliss-reactive ketones (excluding diaryl/α,β-unsaturated/α-hetero) is 1. The van der Waals surface area contributed by atoms with E-state index in [1.165, 1.54) is 32.6 Å². The summed E-state index contributed by atoms with van der Waals surface area (Å²) >= 11 is 0. The van der Waals surface area contributed by atoms with Crippen LogP contribution >= 0.6 is 0 Å². The van der Waals surface area contributed by atoms with Crippen LogP contribution < -0.4 is 11.1 Å². The Bertz CT molecular complexity index is 374. The molecule has 3 heteroatoms. The second-order valence-corrected chi connectivity index (χ2v) is 4.35. The first kappa shape index (κ1) is 13.6. The van der Waals surface area contributed by atoms with Gasteiger partial charge in [-0.05, 0) is 31.5 Å². The molecular weight excluding hydrogens is 212 g/mol. The highest BCUT2D eigenvalue weighted by atomic mass is 16.1. The summed E-state index contributed by atoms with van der Waals surface area (Å²) in [6, 6.07) is 5.52. The summed E-state index contributed by atoms with van der Waals surface area (Å²) in [5.74, 6) is 0.0111. The number of carbonyl (C=O) groups is 1. The van der Waals surface area contributed by atoms with Crippen molar-refractivity contribution in [3.63, 3.8) is 0 Å². The van der Waals surface area contributed by atoms with Crippen molar-refractivity contribution < 1.29 is 4.79 Å². The fraction of sp³-hybridized carbons (Fsp3) is 0.500. The molecule has 0 heterocycles. The van der Waals surface area contributed by atoms with Crippen molar-refractivity contribution in [1.29, 1.82) is 0 Å². The predicted molar refractivity (Wildman–Crippen MR) is 73.5 cm³/mol. The maximum atomic E-state index is 11.2. The minimum atomic E-state index is 0.0111. The Morgan fingerprint density at radius 2 is 2.06 bits per heavy atom. The van der Waals surface area contributed by atoms with Gasteiger partial charge in [0.25, 0.3) is 0 Å². The third-order valence-corrected chi connectivity index (χ3v) is 2.79. The van der Waals surface area contributed by atoms with E-state index in [2.05, 4.69) is 12.2 Å². The van der Waals surface area contributed by atoms with E-state index in [0.29, 0.717) is 11.3 Å². The molecule has 0 unspecified atom stereocenters. The number of hydrogen-bond donors (Lipinski definition) is 2. The first-order chi connectivity index (χ1) is 8.15. The highest BCUT2D eigenvalue weighted by Crippen LogP contribution is 2.18. The molecule has 1 rings (SSSR count). The van der Waals surface area contributed by atoms with E-state index < -0.39 is 0 Å². The fourth-order valence-corrected chi connectivity index (χ4v) is 1.78. The topological polar surface area (TPSA) is 55.1 Å². The molecule has 0 aliphatic heterocycles. The smallest absolute Gasteiger partial charge is 0.161 e. The SMILES string of the molecule is CCCCCCNc1ccc(C(C)=O)c(N)c1. The van der Waals surface area contributed by atoms with Crippen molar-refractivity contribution in [2.24, 2.45) is 0 Å². The van der Waals surface area contributed by atoms with Crippen LogP contribution in [-0.2, 0) is 0 Å². The van der Waals surface area contributed by atoms with Crippen LogP contribution in [0, 0.1) is 0 Å². The number of nitrogens with one attached hydrogen (secondary N) is 1. The molecule has 0 amide bonds. The molecule has 0 fully saturated rings. The normalized spacial score (nSPS) is 10.2. The molecule has 0 radical (unpaired) electrons. The second-order valence-electron chi connectivity index (χ2n) is 4.35. The van der Waals surface area contributed by atoms with Crippen LogP contribution in [0.3, 0.4) is 0 Å². The number of benzene rings is 1. The van der Waals surface area contributed by atoms with Gasteiger partial charge in [0, 0.05) is 23.5 Å². The summed E-state index contributed by atoms with van der Waals surface area (Å²) in [5, 5.41) is 3.32. The number of anilines is 2. The lowest BCUT2D eigenvalue weighted by molar-refractivity contribution is 0.101. The molecule has 0 atom stereocenters. The molecule has 3 nitrogen and oxygen atoms in total. The first-order valence-electron chi connectivity index (χ1n) is 6.29. The van der Waals surface area contributed by atoms with E-state index in [4.69, 9.17) is 5.73 Å². The van der Waals surface area contributed by atoms with Crippen LogP contribution in [0.1, 0.15) is 49.9 Å². The average Bonchev–Trinajstić information content (AvgIpc) is 2.28. The fourth-order valence-electron chi connectivity index (χ4n) is 1.78. The molecule has 3 N–H and O–H groups in total. The minimum absolute atomic E-state index is 0.0111. The molecule has 0 spiro atoms. The maximum Gasteiger partial charge on any atom is 0.161 e. The molecule has 0 saturated heterocycles. The zero-order chi connectivity index (χ0) is 12.7. The lowest BCUT2D eigenvalue weighted by atomic mass is 10.1. The molecule has 0 aliphatic carbocycles. The van der Waals surface area contributed by atoms with E-state index in [1.807, 2.05) is 12.1 Å². The van der Waals surface area contributed by atoms with Gasteiger partial charge in [0.1, 0.15) is 0 Å². The van der Waals surface area contributed by atoms with Gasteiger partial charge in [-0.25, -0.2) is 0 Å². The molecule has 94 valence electrons. The van der Waals surface area contributed by atoms with E-state index in [-0.39, 0.29) is 5.78 Å². The zero-order valence-corrected chi connectivity index (χ0v) is 10.8. The second kappa shape index (κ2) is 6.94. The quantitative estimate of drug-likeness (QED) is 0.431. The van der Waals surface area contributed by atoms with Crippen molar-refractivity contribution in [3.05, 3.63) is 23.8 Å². The van der Waals surface area contributed by atoms with E-state index in [9.17, 15) is 4.79 Å². The van der Waals surface area contributed by atoms with Crippen LogP contribution in [-0.4, -0.2) is 12.3 Å². The monoisotopic (exact) mass is 234 g/mol. The molecule has 17 heavy (non-hydrogen) atoms. The zero-order valence-electron chi connectivity index (χ0n) is 10.8. The van der Waals surface area contributed by atoms with Gasteiger partial charge in [-0.3, -0.25) is 4.79 Å². The lowest BCUT2D eigenvalue weighted by Crippen LogP contribution is -2.04. The number of hydrogen-bond acceptors (Lipinski definition) is 3. The Labute approximate surface area is 103 Å². The van der Waals surface area contributed by atoms with Gasteiger partial charge in [0.15, 0.2) is 5.78 Å². The number of nitrogen functional groups attached to an aromatic ring is 1. The van der Waals surface area contributed by atoms with Gasteiger partial charge < -0.3 is 11.1 Å². The predicted octanol–water partition coefficient (Wildman–Crippen LogP) is 3.46. The largest absolute Gasteiger partial charge is 0.398 e. The molecular formula is C14H22N2O. The Balaban J connectivity index is 2.45. The summed E-state index contributed by atoms with van der Waals surface area (Å²) in [4.78, 5) is 11.2. The first-order valence-corrected chi connectivity index (χ1v) is 6.29. The molecule has 0 bridgehead atoms. The number of carbonyl (C=O) groups excluding carboxylic acids is 1. The van der Waals surface area contributed by atoms with Gasteiger partial charge >= 0.3 is 0 Å². The molecule has 0 aromatic heterocycles. The average molecular weight is 234 g/mol. The highest BCUT2D eigenvalue weighted by molar-refractivity contribution is 5.99. The molecule has 1 aromatic carbocycles.